The van der Waals surface area contributed by atoms with Crippen molar-refractivity contribution < 1.29 is 14.7 Å². The van der Waals surface area contributed by atoms with Gasteiger partial charge in [-0.05, 0) is 78.0 Å². The molecule has 3 aromatic rings. The van der Waals surface area contributed by atoms with Crippen molar-refractivity contribution in [3.63, 3.8) is 0 Å². The molecule has 4 aliphatic rings. The lowest BCUT2D eigenvalue weighted by Gasteiger charge is -2.37. The van der Waals surface area contributed by atoms with E-state index >= 15 is 0 Å². The summed E-state index contributed by atoms with van der Waals surface area (Å²) in [5.74, 6) is 0.0145. The third kappa shape index (κ3) is 3.66. The predicted octanol–water partition coefficient (Wildman–Crippen LogP) is 5.47. The first kappa shape index (κ1) is 21.2. The summed E-state index contributed by atoms with van der Waals surface area (Å²) in [6, 6.07) is 14.1. The van der Waals surface area contributed by atoms with Crippen molar-refractivity contribution in [3.05, 3.63) is 70.9 Å². The van der Waals surface area contributed by atoms with Crippen LogP contribution in [0.15, 0.2) is 53.8 Å². The molecule has 7 rings (SSSR count). The van der Waals surface area contributed by atoms with Gasteiger partial charge in [0.25, 0.3) is 0 Å². The molecule has 1 spiro atoms. The number of benzene rings is 2. The predicted molar refractivity (Wildman–Crippen MR) is 135 cm³/mol. The Bertz CT molecular complexity index is 1320. The van der Waals surface area contributed by atoms with Gasteiger partial charge in [0.2, 0.25) is 0 Å². The van der Waals surface area contributed by atoms with Crippen LogP contribution < -0.4 is 0 Å². The number of hydrogen-bond donors (Lipinski definition) is 2. The molecule has 35 heavy (non-hydrogen) atoms. The van der Waals surface area contributed by atoms with Crippen LogP contribution in [0, 0.1) is 5.92 Å². The quantitative estimate of drug-likeness (QED) is 0.502. The molecule has 3 fully saturated rings. The molecule has 0 bridgehead atoms. The molecule has 0 amide bonds. The maximum atomic E-state index is 11.1. The minimum absolute atomic E-state index is 0.229. The number of carboxylic acid groups (broad SMARTS) is 1. The minimum Gasteiger partial charge on any atom is -0.478 e. The van der Waals surface area contributed by atoms with Gasteiger partial charge in [-0.3, -0.25) is 4.90 Å². The van der Waals surface area contributed by atoms with Gasteiger partial charge in [0.15, 0.2) is 0 Å². The lowest BCUT2D eigenvalue weighted by molar-refractivity contribution is -0.0626. The summed E-state index contributed by atoms with van der Waals surface area (Å²) >= 11 is 0. The Kier molecular flexibility index (Phi) is 4.65. The smallest absolute Gasteiger partial charge is 0.335 e. The van der Waals surface area contributed by atoms with Crippen molar-refractivity contribution >= 4 is 22.6 Å². The molecule has 2 N–H and O–H groups in total. The summed E-state index contributed by atoms with van der Waals surface area (Å²) in [7, 11) is 0. The van der Waals surface area contributed by atoms with Crippen molar-refractivity contribution in [1.29, 1.82) is 0 Å². The fraction of sp³-hybridized carbons (Fsp3) is 0.448. The van der Waals surface area contributed by atoms with Crippen LogP contribution in [0.1, 0.15) is 72.0 Å². The molecule has 0 radical (unpaired) electrons. The molecular weight excluding hydrogens is 438 g/mol. The van der Waals surface area contributed by atoms with Gasteiger partial charge in [-0.25, -0.2) is 4.79 Å². The minimum atomic E-state index is -0.911. The van der Waals surface area contributed by atoms with Crippen LogP contribution >= 0.6 is 0 Å². The molecular formula is C29H31N3O3. The van der Waals surface area contributed by atoms with Crippen LogP contribution in [0.25, 0.3) is 10.9 Å². The van der Waals surface area contributed by atoms with E-state index < -0.39 is 5.97 Å². The van der Waals surface area contributed by atoms with Gasteiger partial charge >= 0.3 is 5.97 Å². The Labute approximate surface area is 205 Å². The van der Waals surface area contributed by atoms with E-state index in [1.54, 1.807) is 17.7 Å². The molecule has 0 unspecified atom stereocenters. The average molecular weight is 470 g/mol. The van der Waals surface area contributed by atoms with Gasteiger partial charge in [0.05, 0.1) is 11.3 Å². The first-order valence-corrected chi connectivity index (χ1v) is 13.0. The molecule has 2 saturated carbocycles. The Balaban J connectivity index is 1.01. The summed E-state index contributed by atoms with van der Waals surface area (Å²) in [5.41, 5.74) is 6.63. The number of nitrogens with zero attached hydrogens (tertiary/aromatic N) is 2. The third-order valence-corrected chi connectivity index (χ3v) is 8.96. The van der Waals surface area contributed by atoms with Crippen LogP contribution in [0.2, 0.25) is 0 Å². The Morgan fingerprint density at radius 3 is 2.54 bits per heavy atom. The third-order valence-electron chi connectivity index (χ3n) is 8.96. The van der Waals surface area contributed by atoms with E-state index in [9.17, 15) is 4.79 Å². The van der Waals surface area contributed by atoms with E-state index in [-0.39, 0.29) is 5.60 Å². The first-order valence-electron chi connectivity index (χ1n) is 13.0. The van der Waals surface area contributed by atoms with E-state index in [0.717, 1.165) is 56.1 Å². The average Bonchev–Trinajstić information content (AvgIpc) is 3.80. The standard InChI is InChI=1S/C29H31N3O3/c33-27(34)20-3-1-19(2-4-20)26-16-28(35-31-26)11-13-32(14-12-28)18-21-17-30-25-8-7-23(15-24(21)25)29(9-10-29)22-5-6-22/h1-4,7-8,15,17,22,30H,5-6,9-14,16,18H2,(H,33,34). The number of fused-ring (bicyclic) bond motifs is 1. The summed E-state index contributed by atoms with van der Waals surface area (Å²) in [4.78, 5) is 23.2. The summed E-state index contributed by atoms with van der Waals surface area (Å²) < 4.78 is 0. The highest BCUT2D eigenvalue weighted by Gasteiger charge is 2.54. The Hall–Kier alpha value is -3.12. The van der Waals surface area contributed by atoms with Crippen LogP contribution in [-0.4, -0.2) is 45.4 Å². The highest BCUT2D eigenvalue weighted by Crippen LogP contribution is 2.62. The number of piperidine rings is 1. The van der Waals surface area contributed by atoms with Gasteiger partial charge in [-0.2, -0.15) is 0 Å². The molecule has 1 aromatic heterocycles. The number of H-pyrrole nitrogens is 1. The van der Waals surface area contributed by atoms with E-state index in [1.807, 2.05) is 12.1 Å². The number of carbonyl (C=O) groups is 1. The van der Waals surface area contributed by atoms with Crippen LogP contribution in [0.4, 0.5) is 0 Å². The van der Waals surface area contributed by atoms with E-state index in [1.165, 1.54) is 42.1 Å². The lowest BCUT2D eigenvalue weighted by atomic mass is 9.85. The largest absolute Gasteiger partial charge is 0.478 e. The van der Waals surface area contributed by atoms with Crippen molar-refractivity contribution in [2.75, 3.05) is 13.1 Å². The number of likely N-dealkylation sites (tertiary alicyclic amines) is 1. The monoisotopic (exact) mass is 469 g/mol. The Morgan fingerprint density at radius 1 is 1.09 bits per heavy atom. The van der Waals surface area contributed by atoms with Gasteiger partial charge in [-0.1, -0.05) is 23.4 Å². The summed E-state index contributed by atoms with van der Waals surface area (Å²) in [6.07, 6.45) is 10.4. The first-order chi connectivity index (χ1) is 17.0. The fourth-order valence-electron chi connectivity index (χ4n) is 6.43. The van der Waals surface area contributed by atoms with Gasteiger partial charge < -0.3 is 14.9 Å². The number of rotatable bonds is 6. The topological polar surface area (TPSA) is 77.9 Å². The molecule has 3 heterocycles. The van der Waals surface area contributed by atoms with Crippen molar-refractivity contribution in [3.8, 4) is 0 Å². The molecule has 2 aliphatic carbocycles. The van der Waals surface area contributed by atoms with Gasteiger partial charge in [0, 0.05) is 56.0 Å². The van der Waals surface area contributed by atoms with Crippen molar-refractivity contribution in [2.24, 2.45) is 11.1 Å². The SMILES string of the molecule is O=C(O)c1ccc(C2=NOC3(CCN(Cc4c[nH]c5ccc(C6(C7CC7)CC6)cc45)CC3)C2)cc1. The fourth-order valence-corrected chi connectivity index (χ4v) is 6.43. The molecule has 180 valence electrons. The zero-order valence-electron chi connectivity index (χ0n) is 19.9. The molecule has 6 heteroatoms. The molecule has 2 aromatic carbocycles. The normalized spacial score (nSPS) is 22.8. The number of aromatic carboxylic acids is 1. The highest BCUT2D eigenvalue weighted by molar-refractivity contribution is 6.02. The van der Waals surface area contributed by atoms with Crippen molar-refractivity contribution in [2.45, 2.75) is 62.5 Å². The zero-order valence-corrected chi connectivity index (χ0v) is 19.9. The molecule has 1 saturated heterocycles. The van der Waals surface area contributed by atoms with Gasteiger partial charge in [0.1, 0.15) is 5.60 Å². The van der Waals surface area contributed by atoms with Crippen molar-refractivity contribution in [1.82, 2.24) is 9.88 Å². The molecule has 0 atom stereocenters. The van der Waals surface area contributed by atoms with E-state index in [0.29, 0.717) is 11.0 Å². The number of carboxylic acids is 1. The summed E-state index contributed by atoms with van der Waals surface area (Å²) in [5, 5.41) is 14.9. The molecule has 2 aliphatic heterocycles. The second-order valence-electron chi connectivity index (χ2n) is 11.2. The van der Waals surface area contributed by atoms with E-state index in [2.05, 4.69) is 39.4 Å². The van der Waals surface area contributed by atoms with Crippen LogP contribution in [0.5, 0.6) is 0 Å². The van der Waals surface area contributed by atoms with Crippen LogP contribution in [0.3, 0.4) is 0 Å². The maximum Gasteiger partial charge on any atom is 0.335 e. The number of oxime groups is 1. The van der Waals surface area contributed by atoms with Gasteiger partial charge in [-0.15, -0.1) is 0 Å². The highest BCUT2D eigenvalue weighted by atomic mass is 16.7. The summed E-state index contributed by atoms with van der Waals surface area (Å²) in [6.45, 7) is 2.93. The second-order valence-corrected chi connectivity index (χ2v) is 11.2. The van der Waals surface area contributed by atoms with E-state index in [4.69, 9.17) is 9.94 Å². The second kappa shape index (κ2) is 7.69. The maximum absolute atomic E-state index is 11.1. The zero-order chi connectivity index (χ0) is 23.6. The molecule has 6 nitrogen and oxygen atoms in total. The number of aromatic nitrogens is 1. The van der Waals surface area contributed by atoms with Crippen LogP contribution in [-0.2, 0) is 16.8 Å². The number of hydrogen-bond acceptors (Lipinski definition) is 4. The number of nitrogens with one attached hydrogen (secondary N) is 1. The lowest BCUT2D eigenvalue weighted by Crippen LogP contribution is -2.44. The number of aromatic amines is 1. The Morgan fingerprint density at radius 2 is 1.86 bits per heavy atom.